The number of hydrogen-bond donors (Lipinski definition) is 1. The van der Waals surface area contributed by atoms with Crippen LogP contribution in [0.25, 0.3) is 11.1 Å². The van der Waals surface area contributed by atoms with Crippen LogP contribution in [0, 0.1) is 0 Å². The maximum atomic E-state index is 13.5. The second-order valence-electron chi connectivity index (χ2n) is 7.82. The van der Waals surface area contributed by atoms with E-state index in [2.05, 4.69) is 5.10 Å². The fraction of sp³-hybridized carbons (Fsp3) is 0.273. The molecule has 0 amide bonds. The van der Waals surface area contributed by atoms with Gasteiger partial charge in [0.25, 0.3) is 10.0 Å². The van der Waals surface area contributed by atoms with Gasteiger partial charge in [0, 0.05) is 25.2 Å². The number of fused-ring (bicyclic) bond motifs is 1. The zero-order valence-corrected chi connectivity index (χ0v) is 18.7. The highest BCUT2D eigenvalue weighted by molar-refractivity contribution is 7.92. The number of alkyl halides is 3. The SMILES string of the molecule is Cn1cc(-c2ccc3c(c2)N(S(=O)(=O)c2cccc(C(F)(F)F)c2)C[C@H](CCC(=O)O)O3)cn1. The molecule has 0 unspecified atom stereocenters. The van der Waals surface area contributed by atoms with E-state index >= 15 is 0 Å². The van der Waals surface area contributed by atoms with Crippen molar-refractivity contribution in [1.29, 1.82) is 0 Å². The Morgan fingerprint density at radius 1 is 1.21 bits per heavy atom. The fourth-order valence-electron chi connectivity index (χ4n) is 3.68. The van der Waals surface area contributed by atoms with Gasteiger partial charge in [0.05, 0.1) is 28.9 Å². The van der Waals surface area contributed by atoms with Crippen LogP contribution in [0.15, 0.2) is 59.8 Å². The van der Waals surface area contributed by atoms with Crippen LogP contribution >= 0.6 is 0 Å². The van der Waals surface area contributed by atoms with Gasteiger partial charge in [0.15, 0.2) is 0 Å². The molecule has 0 aliphatic carbocycles. The largest absolute Gasteiger partial charge is 0.486 e. The van der Waals surface area contributed by atoms with Crippen LogP contribution in [0.3, 0.4) is 0 Å². The van der Waals surface area contributed by atoms with E-state index in [0.29, 0.717) is 17.2 Å². The highest BCUT2D eigenvalue weighted by Gasteiger charge is 2.37. The molecule has 1 aliphatic rings. The number of rotatable bonds is 6. The minimum Gasteiger partial charge on any atom is -0.486 e. The predicted octanol–water partition coefficient (Wildman–Crippen LogP) is 3.93. The molecule has 1 atom stereocenters. The number of carbonyl (C=O) groups is 1. The first-order valence-electron chi connectivity index (χ1n) is 10.2. The van der Waals surface area contributed by atoms with Gasteiger partial charge in [0.2, 0.25) is 0 Å². The standard InChI is InChI=1S/C22H20F3N3O5S/c1-27-12-15(11-26-27)14-5-7-20-19(9-14)28(13-17(33-20)6-8-21(29)30)34(31,32)18-4-2-3-16(10-18)22(23,24)25/h2-5,7,9-12,17H,6,8,13H2,1H3,(H,29,30)/t17-/m0/s1. The monoisotopic (exact) mass is 495 g/mol. The molecule has 2 aromatic carbocycles. The normalized spacial score (nSPS) is 16.1. The molecular weight excluding hydrogens is 475 g/mol. The number of hydrogen-bond acceptors (Lipinski definition) is 5. The highest BCUT2D eigenvalue weighted by atomic mass is 32.2. The van der Waals surface area contributed by atoms with Gasteiger partial charge in [-0.3, -0.25) is 13.8 Å². The van der Waals surface area contributed by atoms with Gasteiger partial charge in [0.1, 0.15) is 11.9 Å². The number of benzene rings is 2. The van der Waals surface area contributed by atoms with E-state index in [-0.39, 0.29) is 30.8 Å². The molecule has 0 saturated carbocycles. The Balaban J connectivity index is 1.80. The molecule has 3 aromatic rings. The number of ether oxygens (including phenoxy) is 1. The highest BCUT2D eigenvalue weighted by Crippen LogP contribution is 2.41. The smallest absolute Gasteiger partial charge is 0.416 e. The third-order valence-corrected chi connectivity index (χ3v) is 7.13. The summed E-state index contributed by atoms with van der Waals surface area (Å²) in [7, 11) is -2.71. The topological polar surface area (TPSA) is 102 Å². The number of aryl methyl sites for hydroxylation is 1. The number of sulfonamides is 1. The number of aromatic nitrogens is 2. The molecule has 1 aliphatic heterocycles. The summed E-state index contributed by atoms with van der Waals surface area (Å²) in [4.78, 5) is 10.5. The van der Waals surface area contributed by atoms with Gasteiger partial charge in [-0.2, -0.15) is 18.3 Å². The third-order valence-electron chi connectivity index (χ3n) is 5.36. The van der Waals surface area contributed by atoms with Crippen LogP contribution in [0.1, 0.15) is 18.4 Å². The van der Waals surface area contributed by atoms with Crippen molar-refractivity contribution >= 4 is 21.7 Å². The summed E-state index contributed by atoms with van der Waals surface area (Å²) in [6.45, 7) is -0.255. The lowest BCUT2D eigenvalue weighted by atomic mass is 10.1. The Kier molecular flexibility index (Phi) is 6.02. The Labute approximate surface area is 193 Å². The Morgan fingerprint density at radius 2 is 1.97 bits per heavy atom. The number of nitrogens with zero attached hydrogens (tertiary/aromatic N) is 3. The summed E-state index contributed by atoms with van der Waals surface area (Å²) in [6, 6.07) is 8.32. The van der Waals surface area contributed by atoms with E-state index in [1.807, 2.05) is 0 Å². The number of anilines is 1. The van der Waals surface area contributed by atoms with E-state index in [1.165, 1.54) is 0 Å². The van der Waals surface area contributed by atoms with Gasteiger partial charge in [-0.1, -0.05) is 12.1 Å². The van der Waals surface area contributed by atoms with Crippen LogP contribution in [0.5, 0.6) is 5.75 Å². The Bertz CT molecular complexity index is 1340. The maximum Gasteiger partial charge on any atom is 0.416 e. The average molecular weight is 495 g/mol. The van der Waals surface area contributed by atoms with Crippen molar-refractivity contribution in [3.8, 4) is 16.9 Å². The van der Waals surface area contributed by atoms with E-state index in [0.717, 1.165) is 22.5 Å². The van der Waals surface area contributed by atoms with Gasteiger partial charge in [-0.05, 0) is 42.3 Å². The van der Waals surface area contributed by atoms with Gasteiger partial charge >= 0.3 is 12.1 Å². The number of aliphatic carboxylic acids is 1. The van der Waals surface area contributed by atoms with Crippen molar-refractivity contribution in [1.82, 2.24) is 9.78 Å². The van der Waals surface area contributed by atoms with Crippen molar-refractivity contribution in [2.75, 3.05) is 10.8 Å². The molecule has 4 rings (SSSR count). The van der Waals surface area contributed by atoms with Gasteiger partial charge < -0.3 is 9.84 Å². The van der Waals surface area contributed by atoms with Gasteiger partial charge in [-0.25, -0.2) is 8.42 Å². The minimum atomic E-state index is -4.72. The van der Waals surface area contributed by atoms with E-state index in [4.69, 9.17) is 9.84 Å². The molecule has 8 nitrogen and oxygen atoms in total. The first-order chi connectivity index (χ1) is 15.9. The zero-order valence-electron chi connectivity index (χ0n) is 17.9. The second kappa shape index (κ2) is 8.67. The first-order valence-corrected chi connectivity index (χ1v) is 11.6. The van der Waals surface area contributed by atoms with Crippen LogP contribution in [-0.4, -0.2) is 41.9 Å². The molecule has 12 heteroatoms. The molecule has 0 radical (unpaired) electrons. The van der Waals surface area contributed by atoms with E-state index < -0.39 is 38.7 Å². The molecule has 0 spiro atoms. The summed E-state index contributed by atoms with van der Waals surface area (Å²) in [6.07, 6.45) is -2.43. The number of carboxylic acid groups (broad SMARTS) is 1. The zero-order chi connectivity index (χ0) is 24.7. The minimum absolute atomic E-state index is 0.0216. The summed E-state index contributed by atoms with van der Waals surface area (Å²) in [5.41, 5.74) is 0.386. The Morgan fingerprint density at radius 3 is 2.62 bits per heavy atom. The third kappa shape index (κ3) is 4.72. The maximum absolute atomic E-state index is 13.5. The Hall–Kier alpha value is -3.54. The molecule has 2 heterocycles. The molecule has 1 N–H and O–H groups in total. The molecular formula is C22H20F3N3O5S. The lowest BCUT2D eigenvalue weighted by Gasteiger charge is -2.35. The van der Waals surface area contributed by atoms with Crippen LogP contribution in [0.4, 0.5) is 18.9 Å². The average Bonchev–Trinajstić information content (AvgIpc) is 3.22. The molecule has 180 valence electrons. The number of halogens is 3. The van der Waals surface area contributed by atoms with Crippen molar-refractivity contribution < 1.29 is 36.2 Å². The lowest BCUT2D eigenvalue weighted by molar-refractivity contribution is -0.138. The summed E-state index contributed by atoms with van der Waals surface area (Å²) >= 11 is 0. The summed E-state index contributed by atoms with van der Waals surface area (Å²) in [5.74, 6) is -0.890. The summed E-state index contributed by atoms with van der Waals surface area (Å²) < 4.78 is 75.1. The molecule has 0 saturated heterocycles. The fourth-order valence-corrected chi connectivity index (χ4v) is 5.23. The second-order valence-corrected chi connectivity index (χ2v) is 9.68. The van der Waals surface area contributed by atoms with Crippen molar-refractivity contribution in [2.45, 2.75) is 30.0 Å². The van der Waals surface area contributed by atoms with Crippen molar-refractivity contribution in [3.63, 3.8) is 0 Å². The van der Waals surface area contributed by atoms with Crippen LogP contribution in [0.2, 0.25) is 0 Å². The molecule has 1 aromatic heterocycles. The lowest BCUT2D eigenvalue weighted by Crippen LogP contribution is -2.43. The van der Waals surface area contributed by atoms with Crippen LogP contribution in [-0.2, 0) is 28.0 Å². The predicted molar refractivity (Wildman–Crippen MR) is 116 cm³/mol. The first kappa shape index (κ1) is 23.6. The van der Waals surface area contributed by atoms with Crippen LogP contribution < -0.4 is 9.04 Å². The van der Waals surface area contributed by atoms with Crippen molar-refractivity contribution in [2.24, 2.45) is 7.05 Å². The number of carboxylic acids is 1. The molecule has 34 heavy (non-hydrogen) atoms. The van der Waals surface area contributed by atoms with Crippen molar-refractivity contribution in [3.05, 3.63) is 60.4 Å². The van der Waals surface area contributed by atoms with E-state index in [9.17, 15) is 26.4 Å². The quantitative estimate of drug-likeness (QED) is 0.556. The molecule has 0 bridgehead atoms. The van der Waals surface area contributed by atoms with Gasteiger partial charge in [-0.15, -0.1) is 0 Å². The molecule has 0 fully saturated rings. The van der Waals surface area contributed by atoms with E-state index in [1.54, 1.807) is 42.3 Å². The summed E-state index contributed by atoms with van der Waals surface area (Å²) in [5, 5.41) is 13.1.